The van der Waals surface area contributed by atoms with Gasteiger partial charge in [0.15, 0.2) is 12.6 Å². The second kappa shape index (κ2) is 43.9. The summed E-state index contributed by atoms with van der Waals surface area (Å²) in [6.45, 7) is 2.67. The van der Waals surface area contributed by atoms with Crippen LogP contribution < -0.4 is 5.32 Å². The molecule has 2 saturated heterocycles. The fourth-order valence-corrected chi connectivity index (χ4v) is 9.11. The van der Waals surface area contributed by atoms with Gasteiger partial charge in [-0.1, -0.05) is 203 Å². The number of carbonyl (C=O) groups is 1. The van der Waals surface area contributed by atoms with Crippen molar-refractivity contribution in [2.45, 2.75) is 280 Å². The minimum Gasteiger partial charge on any atom is -0.394 e. The van der Waals surface area contributed by atoms with Crippen LogP contribution in [0.4, 0.5) is 0 Å². The zero-order valence-electron chi connectivity index (χ0n) is 44.7. The maximum absolute atomic E-state index is 13.2. The molecule has 0 aromatic heterocycles. The first kappa shape index (κ1) is 65.8. The normalized spacial score (nSPS) is 26.0. The quantitative estimate of drug-likeness (QED) is 0.0205. The zero-order valence-corrected chi connectivity index (χ0v) is 44.7. The van der Waals surface area contributed by atoms with E-state index in [9.17, 15) is 45.6 Å². The van der Waals surface area contributed by atoms with Crippen LogP contribution in [0.5, 0.6) is 0 Å². The lowest BCUT2D eigenvalue weighted by molar-refractivity contribution is -0.359. The minimum atomic E-state index is -1.79. The second-order valence-electron chi connectivity index (χ2n) is 20.0. The number of nitrogens with one attached hydrogen (secondary N) is 1. The van der Waals surface area contributed by atoms with Crippen molar-refractivity contribution in [1.29, 1.82) is 0 Å². The molecule has 0 bridgehead atoms. The van der Waals surface area contributed by atoms with Gasteiger partial charge in [0.1, 0.15) is 48.8 Å². The monoisotopic (exact) mass is 1020 g/mol. The maximum atomic E-state index is 13.2. The number of amides is 1. The van der Waals surface area contributed by atoms with Crippen molar-refractivity contribution in [2.75, 3.05) is 19.8 Å². The van der Waals surface area contributed by atoms with Gasteiger partial charge in [-0.15, -0.1) is 0 Å². The molecule has 418 valence electrons. The molecule has 1 amide bonds. The van der Waals surface area contributed by atoms with Crippen LogP contribution >= 0.6 is 0 Å². The summed E-state index contributed by atoms with van der Waals surface area (Å²) in [5, 5.41) is 86.9. The molecule has 0 aromatic carbocycles. The molecule has 14 heteroatoms. The van der Waals surface area contributed by atoms with Crippen molar-refractivity contribution >= 4 is 5.91 Å². The fourth-order valence-electron chi connectivity index (χ4n) is 9.11. The predicted octanol–water partition coefficient (Wildman–Crippen LogP) is 9.00. The Kier molecular flexibility index (Phi) is 40.1. The highest BCUT2D eigenvalue weighted by Gasteiger charge is 2.51. The van der Waals surface area contributed by atoms with Crippen LogP contribution in [0.25, 0.3) is 0 Å². The third-order valence-electron chi connectivity index (χ3n) is 13.7. The van der Waals surface area contributed by atoms with E-state index in [4.69, 9.17) is 18.9 Å². The van der Waals surface area contributed by atoms with Gasteiger partial charge in [-0.05, 0) is 57.8 Å². The first-order valence-electron chi connectivity index (χ1n) is 28.5. The summed E-state index contributed by atoms with van der Waals surface area (Å²) < 4.78 is 22.7. The topological polar surface area (TPSA) is 228 Å². The molecule has 0 saturated carbocycles. The molecular formula is C58H103NO13. The second-order valence-corrected chi connectivity index (χ2v) is 20.0. The summed E-state index contributed by atoms with van der Waals surface area (Å²) in [4.78, 5) is 13.2. The number of ether oxygens (including phenoxy) is 4. The van der Waals surface area contributed by atoms with E-state index in [0.29, 0.717) is 6.42 Å². The Balaban J connectivity index is 1.74. The molecular weight excluding hydrogens is 919 g/mol. The van der Waals surface area contributed by atoms with E-state index in [1.165, 1.54) is 109 Å². The third-order valence-corrected chi connectivity index (χ3v) is 13.7. The Bertz CT molecular complexity index is 1440. The van der Waals surface area contributed by atoms with Crippen LogP contribution in [0.2, 0.25) is 0 Å². The molecule has 12 unspecified atom stereocenters. The summed E-state index contributed by atoms with van der Waals surface area (Å²) in [6.07, 6.45) is 38.3. The summed E-state index contributed by atoms with van der Waals surface area (Å²) >= 11 is 0. The Hall–Kier alpha value is -2.31. The number of rotatable bonds is 44. The van der Waals surface area contributed by atoms with E-state index in [0.717, 1.165) is 70.6 Å². The summed E-state index contributed by atoms with van der Waals surface area (Å²) in [6, 6.07) is -0.917. The van der Waals surface area contributed by atoms with Crippen molar-refractivity contribution in [3.05, 3.63) is 60.8 Å². The van der Waals surface area contributed by atoms with E-state index >= 15 is 0 Å². The number of carbonyl (C=O) groups excluding carboxylic acids is 1. The minimum absolute atomic E-state index is 0.244. The first-order valence-corrected chi connectivity index (χ1v) is 28.5. The van der Waals surface area contributed by atoms with Gasteiger partial charge in [-0.25, -0.2) is 0 Å². The largest absolute Gasteiger partial charge is 0.394 e. The van der Waals surface area contributed by atoms with Crippen LogP contribution in [0.15, 0.2) is 60.8 Å². The zero-order chi connectivity index (χ0) is 52.4. The number of hydrogen-bond acceptors (Lipinski definition) is 13. The van der Waals surface area contributed by atoms with Crippen LogP contribution in [0.3, 0.4) is 0 Å². The van der Waals surface area contributed by atoms with Crippen LogP contribution in [0.1, 0.15) is 206 Å². The van der Waals surface area contributed by atoms with Crippen molar-refractivity contribution in [3.8, 4) is 0 Å². The van der Waals surface area contributed by atoms with E-state index in [-0.39, 0.29) is 18.9 Å². The Labute approximate surface area is 435 Å². The van der Waals surface area contributed by atoms with Crippen molar-refractivity contribution in [1.82, 2.24) is 5.32 Å². The number of hydrogen-bond donors (Lipinski definition) is 9. The predicted molar refractivity (Wildman–Crippen MR) is 286 cm³/mol. The van der Waals surface area contributed by atoms with Gasteiger partial charge in [-0.3, -0.25) is 4.79 Å². The molecule has 2 heterocycles. The average molecular weight is 1020 g/mol. The van der Waals surface area contributed by atoms with E-state index in [1.807, 2.05) is 6.08 Å². The van der Waals surface area contributed by atoms with Gasteiger partial charge >= 0.3 is 0 Å². The molecule has 2 rings (SSSR count). The van der Waals surface area contributed by atoms with Crippen LogP contribution in [0, 0.1) is 0 Å². The Morgan fingerprint density at radius 2 is 0.958 bits per heavy atom. The van der Waals surface area contributed by atoms with E-state index in [2.05, 4.69) is 67.8 Å². The van der Waals surface area contributed by atoms with Crippen molar-refractivity contribution < 1.29 is 64.6 Å². The van der Waals surface area contributed by atoms with E-state index in [1.54, 1.807) is 6.08 Å². The molecule has 0 spiro atoms. The molecule has 12 atom stereocenters. The number of unbranched alkanes of at least 4 members (excludes halogenated alkanes) is 23. The van der Waals surface area contributed by atoms with Crippen molar-refractivity contribution in [2.24, 2.45) is 0 Å². The molecule has 2 aliphatic rings. The molecule has 2 aliphatic heterocycles. The van der Waals surface area contributed by atoms with Gasteiger partial charge < -0.3 is 65.1 Å². The lowest BCUT2D eigenvalue weighted by atomic mass is 9.97. The van der Waals surface area contributed by atoms with E-state index < -0.39 is 86.8 Å². The number of allylic oxidation sites excluding steroid dienone is 9. The highest BCUT2D eigenvalue weighted by atomic mass is 16.7. The van der Waals surface area contributed by atoms with Gasteiger partial charge in [0.25, 0.3) is 0 Å². The van der Waals surface area contributed by atoms with Crippen LogP contribution in [-0.4, -0.2) is 140 Å². The van der Waals surface area contributed by atoms with Gasteiger partial charge in [0.2, 0.25) is 5.91 Å². The molecule has 0 aromatic rings. The lowest BCUT2D eigenvalue weighted by Gasteiger charge is -2.46. The van der Waals surface area contributed by atoms with Gasteiger partial charge in [0.05, 0.1) is 32.0 Å². The SMILES string of the molecule is CC/C=C\C/C=C\C/C=C\C/C=C\CCCCCCCCCCCCCCC(=O)NC(COC1OC(CO)C(OC2OC(CO)C(O)C(O)C2O)C(O)C1O)C(O)/C=C/CCCCCCCCCCCCC. The third kappa shape index (κ3) is 29.7. The molecule has 72 heavy (non-hydrogen) atoms. The highest BCUT2D eigenvalue weighted by Crippen LogP contribution is 2.30. The first-order chi connectivity index (χ1) is 35.1. The standard InChI is InChI=1S/C58H103NO13/c1-3-5-7-9-11-13-15-17-18-19-20-21-22-23-24-25-26-27-28-30-32-34-36-38-40-42-50(63)59-46(47(62)41-39-37-35-33-31-29-16-14-12-10-8-6-4-2)45-69-57-55(68)53(66)56(49(44-61)71-57)72-58-54(67)52(65)51(64)48(43-60)70-58/h5,7,11,13,17-18,20-21,39,41,46-49,51-58,60-62,64-68H,3-4,6,8-10,12,14-16,19,22-38,40,42-45H2,1-2H3,(H,59,63)/b7-5-,13-11-,18-17-,21-20-,41-39+. The molecule has 14 nitrogen and oxygen atoms in total. The van der Waals surface area contributed by atoms with Crippen LogP contribution in [-0.2, 0) is 23.7 Å². The molecule has 0 aliphatic carbocycles. The Morgan fingerprint density at radius 3 is 1.47 bits per heavy atom. The van der Waals surface area contributed by atoms with Gasteiger partial charge in [-0.2, -0.15) is 0 Å². The molecule has 2 fully saturated rings. The summed E-state index contributed by atoms with van der Waals surface area (Å²) in [7, 11) is 0. The fraction of sp³-hybridized carbons (Fsp3) is 0.810. The Morgan fingerprint density at radius 1 is 0.514 bits per heavy atom. The summed E-state index contributed by atoms with van der Waals surface area (Å²) in [5.41, 5.74) is 0. The lowest BCUT2D eigenvalue weighted by Crippen LogP contribution is -2.65. The van der Waals surface area contributed by atoms with Gasteiger partial charge in [0, 0.05) is 6.42 Å². The maximum Gasteiger partial charge on any atom is 0.220 e. The summed E-state index contributed by atoms with van der Waals surface area (Å²) in [5.74, 6) is -0.244. The smallest absolute Gasteiger partial charge is 0.220 e. The molecule has 9 N–H and O–H groups in total. The number of aliphatic hydroxyl groups is 8. The highest BCUT2D eigenvalue weighted by molar-refractivity contribution is 5.76. The van der Waals surface area contributed by atoms with Crippen molar-refractivity contribution in [3.63, 3.8) is 0 Å². The number of aliphatic hydroxyl groups excluding tert-OH is 8. The molecule has 0 radical (unpaired) electrons. The average Bonchev–Trinajstić information content (AvgIpc) is 3.38.